The first-order valence-electron chi connectivity index (χ1n) is 7.37. The zero-order valence-corrected chi connectivity index (χ0v) is 13.4. The van der Waals surface area contributed by atoms with Crippen molar-refractivity contribution in [3.8, 4) is 5.75 Å². The van der Waals surface area contributed by atoms with Gasteiger partial charge in [-0.25, -0.2) is 0 Å². The Balaban J connectivity index is 2.17. The van der Waals surface area contributed by atoms with Crippen molar-refractivity contribution in [3.05, 3.63) is 24.3 Å². The molecule has 3 nitrogen and oxygen atoms in total. The van der Waals surface area contributed by atoms with E-state index >= 15 is 0 Å². The molecule has 0 bridgehead atoms. The van der Waals surface area contributed by atoms with E-state index in [1.54, 1.807) is 0 Å². The van der Waals surface area contributed by atoms with Crippen LogP contribution in [0.3, 0.4) is 0 Å². The van der Waals surface area contributed by atoms with Gasteiger partial charge in [-0.3, -0.25) is 0 Å². The summed E-state index contributed by atoms with van der Waals surface area (Å²) in [5.41, 5.74) is 0.376. The first-order chi connectivity index (χ1) is 9.25. The molecule has 0 saturated carbocycles. The van der Waals surface area contributed by atoms with Gasteiger partial charge in [-0.2, -0.15) is 0 Å². The average molecular weight is 276 g/mol. The van der Waals surface area contributed by atoms with Gasteiger partial charge in [0.1, 0.15) is 5.75 Å². The van der Waals surface area contributed by atoms with Crippen molar-refractivity contribution in [1.82, 2.24) is 0 Å². The Morgan fingerprint density at radius 2 is 1.75 bits per heavy atom. The fourth-order valence-corrected chi connectivity index (χ4v) is 2.03. The van der Waals surface area contributed by atoms with Crippen LogP contribution in [0.2, 0.25) is 0 Å². The zero-order valence-electron chi connectivity index (χ0n) is 13.4. The van der Waals surface area contributed by atoms with E-state index in [0.29, 0.717) is 0 Å². The molecule has 4 heteroatoms. The second-order valence-electron chi connectivity index (χ2n) is 6.50. The Bertz CT molecular complexity index is 455. The molecule has 0 aromatic heterocycles. The molecule has 1 saturated heterocycles. The van der Waals surface area contributed by atoms with Crippen LogP contribution in [0.5, 0.6) is 5.75 Å². The molecule has 0 spiro atoms. The van der Waals surface area contributed by atoms with Crippen molar-refractivity contribution in [3.63, 3.8) is 0 Å². The molecule has 1 aromatic rings. The highest BCUT2D eigenvalue weighted by Gasteiger charge is 2.51. The van der Waals surface area contributed by atoms with Gasteiger partial charge >= 0.3 is 7.12 Å². The normalized spacial score (nSPS) is 21.8. The summed E-state index contributed by atoms with van der Waals surface area (Å²) in [6.45, 7) is 12.4. The Labute approximate surface area is 122 Å². The van der Waals surface area contributed by atoms with E-state index in [1.807, 2.05) is 24.3 Å². The number of ether oxygens (including phenoxy) is 1. The molecule has 0 radical (unpaired) electrons. The van der Waals surface area contributed by atoms with Gasteiger partial charge in [-0.05, 0) is 58.6 Å². The Morgan fingerprint density at radius 3 is 2.30 bits per heavy atom. The van der Waals surface area contributed by atoms with Crippen molar-refractivity contribution in [2.45, 2.75) is 65.3 Å². The molecule has 1 heterocycles. The molecule has 1 unspecified atom stereocenters. The topological polar surface area (TPSA) is 27.7 Å². The second-order valence-corrected chi connectivity index (χ2v) is 6.50. The lowest BCUT2D eigenvalue weighted by Crippen LogP contribution is -2.41. The minimum atomic E-state index is -0.333. The third-order valence-corrected chi connectivity index (χ3v) is 4.30. The minimum Gasteiger partial charge on any atom is -0.491 e. The minimum absolute atomic E-state index is 0.212. The molecule has 0 amide bonds. The summed E-state index contributed by atoms with van der Waals surface area (Å²) >= 11 is 0. The Morgan fingerprint density at radius 1 is 1.15 bits per heavy atom. The smallest absolute Gasteiger partial charge is 0.491 e. The summed E-state index contributed by atoms with van der Waals surface area (Å²) in [5, 5.41) is 0. The van der Waals surface area contributed by atoms with Crippen LogP contribution < -0.4 is 10.2 Å². The molecule has 1 fully saturated rings. The van der Waals surface area contributed by atoms with Gasteiger partial charge in [-0.1, -0.05) is 19.1 Å². The second kappa shape index (κ2) is 5.42. The number of benzene rings is 1. The van der Waals surface area contributed by atoms with Crippen LogP contribution in [0, 0.1) is 0 Å². The molecule has 20 heavy (non-hydrogen) atoms. The van der Waals surface area contributed by atoms with E-state index in [9.17, 15) is 0 Å². The largest absolute Gasteiger partial charge is 0.494 e. The highest BCUT2D eigenvalue weighted by Crippen LogP contribution is 2.36. The molecule has 110 valence electrons. The molecule has 1 aromatic carbocycles. The summed E-state index contributed by atoms with van der Waals surface area (Å²) in [7, 11) is -0.333. The van der Waals surface area contributed by atoms with E-state index in [2.05, 4.69) is 41.5 Å². The van der Waals surface area contributed by atoms with Crippen molar-refractivity contribution in [2.75, 3.05) is 0 Å². The summed E-state index contributed by atoms with van der Waals surface area (Å²) in [6, 6.07) is 7.99. The predicted molar refractivity (Wildman–Crippen MR) is 82.5 cm³/mol. The zero-order chi connectivity index (χ0) is 15.0. The van der Waals surface area contributed by atoms with Gasteiger partial charge in [0.05, 0.1) is 17.3 Å². The van der Waals surface area contributed by atoms with Crippen LogP contribution in [-0.2, 0) is 9.31 Å². The molecular weight excluding hydrogens is 251 g/mol. The quantitative estimate of drug-likeness (QED) is 0.791. The van der Waals surface area contributed by atoms with Gasteiger partial charge < -0.3 is 14.0 Å². The maximum absolute atomic E-state index is 6.06. The van der Waals surface area contributed by atoms with E-state index in [1.165, 1.54) is 0 Å². The van der Waals surface area contributed by atoms with Gasteiger partial charge in [0, 0.05) is 0 Å². The Kier molecular flexibility index (Phi) is 4.17. The molecular formula is C16H25BO3. The van der Waals surface area contributed by atoms with Crippen LogP contribution in [0.1, 0.15) is 48.0 Å². The molecule has 1 aliphatic heterocycles. The highest BCUT2D eigenvalue weighted by atomic mass is 16.7. The summed E-state index contributed by atoms with van der Waals surface area (Å²) in [6.07, 6.45) is 1.20. The van der Waals surface area contributed by atoms with Crippen molar-refractivity contribution < 1.29 is 14.0 Å². The average Bonchev–Trinajstić information content (AvgIpc) is 2.59. The molecule has 1 atom stereocenters. The van der Waals surface area contributed by atoms with Gasteiger partial charge in [0.25, 0.3) is 0 Å². The van der Waals surface area contributed by atoms with Crippen LogP contribution in [0.4, 0.5) is 0 Å². The van der Waals surface area contributed by atoms with Crippen LogP contribution >= 0.6 is 0 Å². The van der Waals surface area contributed by atoms with Crippen molar-refractivity contribution in [1.29, 1.82) is 0 Å². The first kappa shape index (κ1) is 15.4. The fraction of sp³-hybridized carbons (Fsp3) is 0.625. The number of rotatable bonds is 4. The lowest BCUT2D eigenvalue weighted by atomic mass is 9.79. The third kappa shape index (κ3) is 3.02. The maximum Gasteiger partial charge on any atom is 0.494 e. The third-order valence-electron chi connectivity index (χ3n) is 4.30. The molecule has 1 aliphatic rings. The van der Waals surface area contributed by atoms with Crippen molar-refractivity contribution in [2.24, 2.45) is 0 Å². The molecule has 0 N–H and O–H groups in total. The molecule has 0 aliphatic carbocycles. The van der Waals surface area contributed by atoms with E-state index in [0.717, 1.165) is 17.6 Å². The van der Waals surface area contributed by atoms with Crippen LogP contribution in [-0.4, -0.2) is 24.4 Å². The lowest BCUT2D eigenvalue weighted by molar-refractivity contribution is 0.00578. The number of hydrogen-bond acceptors (Lipinski definition) is 3. The SMILES string of the molecule is CCC(C)Oc1cccc(B2OC(C)(C)C(C)(C)O2)c1. The summed E-state index contributed by atoms with van der Waals surface area (Å²) in [5.74, 6) is 0.867. The highest BCUT2D eigenvalue weighted by molar-refractivity contribution is 6.62. The van der Waals surface area contributed by atoms with Gasteiger partial charge in [-0.15, -0.1) is 0 Å². The standard InChI is InChI=1S/C16H25BO3/c1-7-12(2)18-14-10-8-9-13(11-14)17-19-15(3,4)16(5,6)20-17/h8-12H,7H2,1-6H3. The van der Waals surface area contributed by atoms with Crippen LogP contribution in [0.15, 0.2) is 24.3 Å². The van der Waals surface area contributed by atoms with Crippen LogP contribution in [0.25, 0.3) is 0 Å². The molecule has 2 rings (SSSR count). The first-order valence-corrected chi connectivity index (χ1v) is 7.37. The number of hydrogen-bond donors (Lipinski definition) is 0. The lowest BCUT2D eigenvalue weighted by Gasteiger charge is -2.32. The van der Waals surface area contributed by atoms with Gasteiger partial charge in [0.15, 0.2) is 0 Å². The fourth-order valence-electron chi connectivity index (χ4n) is 2.03. The monoisotopic (exact) mass is 276 g/mol. The Hall–Kier alpha value is -0.995. The summed E-state index contributed by atoms with van der Waals surface area (Å²) < 4.78 is 18.0. The van der Waals surface area contributed by atoms with Crippen molar-refractivity contribution >= 4 is 12.6 Å². The van der Waals surface area contributed by atoms with E-state index in [-0.39, 0.29) is 24.4 Å². The summed E-state index contributed by atoms with van der Waals surface area (Å²) in [4.78, 5) is 0. The van der Waals surface area contributed by atoms with E-state index < -0.39 is 0 Å². The van der Waals surface area contributed by atoms with Gasteiger partial charge in [0.2, 0.25) is 0 Å². The predicted octanol–water partition coefficient (Wildman–Crippen LogP) is 3.16. The maximum atomic E-state index is 6.06. The van der Waals surface area contributed by atoms with E-state index in [4.69, 9.17) is 14.0 Å².